The summed E-state index contributed by atoms with van der Waals surface area (Å²) in [6, 6.07) is 8.17. The van der Waals surface area contributed by atoms with Crippen molar-refractivity contribution >= 4 is 11.9 Å². The number of nitrogens with one attached hydrogen (secondary N) is 2. The summed E-state index contributed by atoms with van der Waals surface area (Å²) in [6.45, 7) is 0.814. The van der Waals surface area contributed by atoms with Gasteiger partial charge in [-0.05, 0) is 24.9 Å². The van der Waals surface area contributed by atoms with E-state index in [1.165, 1.54) is 0 Å². The Labute approximate surface area is 112 Å². The Kier molecular flexibility index (Phi) is 4.52. The molecule has 1 saturated heterocycles. The fraction of sp³-hybridized carbons (Fsp3) is 0.429. The first-order chi connectivity index (χ1) is 9.16. The van der Waals surface area contributed by atoms with Crippen molar-refractivity contribution in [1.29, 1.82) is 0 Å². The van der Waals surface area contributed by atoms with Crippen molar-refractivity contribution in [3.63, 3.8) is 0 Å². The van der Waals surface area contributed by atoms with Crippen LogP contribution in [0, 0.1) is 0 Å². The van der Waals surface area contributed by atoms with Crippen LogP contribution in [-0.2, 0) is 16.0 Å². The average molecular weight is 262 g/mol. The van der Waals surface area contributed by atoms with Crippen molar-refractivity contribution in [2.45, 2.75) is 31.3 Å². The maximum absolute atomic E-state index is 11.9. The van der Waals surface area contributed by atoms with Crippen LogP contribution in [0.4, 0.5) is 0 Å². The summed E-state index contributed by atoms with van der Waals surface area (Å²) >= 11 is 0. The molecule has 2 atom stereocenters. The summed E-state index contributed by atoms with van der Waals surface area (Å²) in [4.78, 5) is 23.1. The zero-order valence-electron chi connectivity index (χ0n) is 10.6. The van der Waals surface area contributed by atoms with Crippen LogP contribution in [0.15, 0.2) is 30.3 Å². The number of benzene rings is 1. The molecule has 0 aromatic heterocycles. The second-order valence-corrected chi connectivity index (χ2v) is 4.74. The van der Waals surface area contributed by atoms with E-state index in [1.54, 1.807) is 0 Å². The highest BCUT2D eigenvalue weighted by Gasteiger charge is 2.27. The van der Waals surface area contributed by atoms with Crippen LogP contribution in [-0.4, -0.2) is 35.6 Å². The molecule has 0 bridgehead atoms. The van der Waals surface area contributed by atoms with Gasteiger partial charge >= 0.3 is 5.97 Å². The minimum absolute atomic E-state index is 0.221. The normalized spacial score (nSPS) is 19.9. The van der Waals surface area contributed by atoms with Gasteiger partial charge in [0.1, 0.15) is 6.04 Å². The molecule has 1 aromatic carbocycles. The third-order valence-corrected chi connectivity index (χ3v) is 3.27. The van der Waals surface area contributed by atoms with Crippen LogP contribution in [0.2, 0.25) is 0 Å². The van der Waals surface area contributed by atoms with E-state index < -0.39 is 12.0 Å². The highest BCUT2D eigenvalue weighted by atomic mass is 16.4. The van der Waals surface area contributed by atoms with Crippen molar-refractivity contribution in [2.24, 2.45) is 0 Å². The molecule has 19 heavy (non-hydrogen) atoms. The summed E-state index contributed by atoms with van der Waals surface area (Å²) < 4.78 is 0. The Morgan fingerprint density at radius 3 is 2.68 bits per heavy atom. The molecule has 0 aliphatic carbocycles. The second-order valence-electron chi connectivity index (χ2n) is 4.74. The Morgan fingerprint density at radius 2 is 2.11 bits per heavy atom. The van der Waals surface area contributed by atoms with E-state index in [2.05, 4.69) is 10.6 Å². The minimum atomic E-state index is -1.00. The van der Waals surface area contributed by atoms with Crippen molar-refractivity contribution < 1.29 is 14.7 Å². The zero-order chi connectivity index (χ0) is 13.7. The van der Waals surface area contributed by atoms with Crippen LogP contribution < -0.4 is 10.6 Å². The van der Waals surface area contributed by atoms with Gasteiger partial charge in [0.15, 0.2) is 0 Å². The molecule has 1 aliphatic rings. The molecule has 1 fully saturated rings. The zero-order valence-corrected chi connectivity index (χ0v) is 10.6. The average Bonchev–Trinajstić information content (AvgIpc) is 2.93. The first-order valence-electron chi connectivity index (χ1n) is 6.47. The number of rotatable bonds is 5. The van der Waals surface area contributed by atoms with E-state index in [4.69, 9.17) is 0 Å². The van der Waals surface area contributed by atoms with E-state index >= 15 is 0 Å². The van der Waals surface area contributed by atoms with Crippen LogP contribution in [0.3, 0.4) is 0 Å². The molecular weight excluding hydrogens is 244 g/mol. The molecule has 0 spiro atoms. The van der Waals surface area contributed by atoms with E-state index in [0.717, 1.165) is 24.9 Å². The van der Waals surface area contributed by atoms with Gasteiger partial charge in [-0.25, -0.2) is 4.79 Å². The minimum Gasteiger partial charge on any atom is -0.480 e. The summed E-state index contributed by atoms with van der Waals surface area (Å²) in [5.74, 6) is -1.23. The number of carboxylic acid groups (broad SMARTS) is 1. The Balaban J connectivity index is 1.96. The third kappa shape index (κ3) is 3.79. The summed E-state index contributed by atoms with van der Waals surface area (Å²) in [6.07, 6.45) is 2.02. The number of aliphatic carboxylic acids is 1. The van der Waals surface area contributed by atoms with Gasteiger partial charge in [0, 0.05) is 6.42 Å². The molecule has 1 heterocycles. The molecule has 102 valence electrons. The molecule has 0 saturated carbocycles. The Bertz CT molecular complexity index is 441. The van der Waals surface area contributed by atoms with Gasteiger partial charge in [-0.2, -0.15) is 0 Å². The van der Waals surface area contributed by atoms with Crippen molar-refractivity contribution in [1.82, 2.24) is 10.6 Å². The lowest BCUT2D eigenvalue weighted by atomic mass is 10.1. The standard InChI is InChI=1S/C14H18N2O3/c17-13(11-7-4-8-15-11)16-12(14(18)19)9-10-5-2-1-3-6-10/h1-3,5-6,11-12,15H,4,7-9H2,(H,16,17)(H,18,19)/t11?,12-/m1/s1. The molecule has 1 aromatic rings. The smallest absolute Gasteiger partial charge is 0.326 e. The quantitative estimate of drug-likeness (QED) is 0.724. The molecule has 2 rings (SSSR count). The monoisotopic (exact) mass is 262 g/mol. The van der Waals surface area contributed by atoms with Gasteiger partial charge in [0.25, 0.3) is 0 Å². The topological polar surface area (TPSA) is 78.4 Å². The lowest BCUT2D eigenvalue weighted by Crippen LogP contribution is -2.49. The van der Waals surface area contributed by atoms with Crippen molar-refractivity contribution in [3.8, 4) is 0 Å². The van der Waals surface area contributed by atoms with Gasteiger partial charge in [-0.1, -0.05) is 30.3 Å². The van der Waals surface area contributed by atoms with Crippen LogP contribution in [0.1, 0.15) is 18.4 Å². The predicted octanol–water partition coefficient (Wildman–Crippen LogP) is 0.550. The Morgan fingerprint density at radius 1 is 1.37 bits per heavy atom. The van der Waals surface area contributed by atoms with Gasteiger partial charge in [0.05, 0.1) is 6.04 Å². The molecular formula is C14H18N2O3. The van der Waals surface area contributed by atoms with E-state index in [9.17, 15) is 14.7 Å². The molecule has 3 N–H and O–H groups in total. The number of carbonyl (C=O) groups excluding carboxylic acids is 1. The van der Waals surface area contributed by atoms with Crippen LogP contribution in [0.25, 0.3) is 0 Å². The largest absolute Gasteiger partial charge is 0.480 e. The molecule has 5 nitrogen and oxygen atoms in total. The van der Waals surface area contributed by atoms with E-state index in [-0.39, 0.29) is 11.9 Å². The van der Waals surface area contributed by atoms with Gasteiger partial charge in [-0.3, -0.25) is 4.79 Å². The third-order valence-electron chi connectivity index (χ3n) is 3.27. The SMILES string of the molecule is O=C(N[C@H](Cc1ccccc1)C(=O)O)C1CCCN1. The fourth-order valence-electron chi connectivity index (χ4n) is 2.23. The van der Waals surface area contributed by atoms with Crippen LogP contribution >= 0.6 is 0 Å². The first kappa shape index (κ1) is 13.5. The van der Waals surface area contributed by atoms with Gasteiger partial charge < -0.3 is 15.7 Å². The summed E-state index contributed by atoms with van der Waals surface area (Å²) in [5, 5.41) is 14.9. The Hall–Kier alpha value is -1.88. The van der Waals surface area contributed by atoms with Gasteiger partial charge in [-0.15, -0.1) is 0 Å². The number of carbonyl (C=O) groups is 2. The maximum atomic E-state index is 11.9. The van der Waals surface area contributed by atoms with Crippen LogP contribution in [0.5, 0.6) is 0 Å². The first-order valence-corrected chi connectivity index (χ1v) is 6.47. The molecule has 1 unspecified atom stereocenters. The molecule has 0 radical (unpaired) electrons. The molecule has 1 aliphatic heterocycles. The van der Waals surface area contributed by atoms with Gasteiger partial charge in [0.2, 0.25) is 5.91 Å². The highest BCUT2D eigenvalue weighted by Crippen LogP contribution is 2.07. The summed E-state index contributed by atoms with van der Waals surface area (Å²) in [5.41, 5.74) is 0.898. The summed E-state index contributed by atoms with van der Waals surface area (Å²) in [7, 11) is 0. The van der Waals surface area contributed by atoms with E-state index in [0.29, 0.717) is 6.42 Å². The lowest BCUT2D eigenvalue weighted by Gasteiger charge is -2.17. The number of carboxylic acids is 1. The lowest BCUT2D eigenvalue weighted by molar-refractivity contribution is -0.142. The highest BCUT2D eigenvalue weighted by molar-refractivity contribution is 5.87. The maximum Gasteiger partial charge on any atom is 0.326 e. The van der Waals surface area contributed by atoms with Crippen molar-refractivity contribution in [3.05, 3.63) is 35.9 Å². The fourth-order valence-corrected chi connectivity index (χ4v) is 2.23. The number of amides is 1. The second kappa shape index (κ2) is 6.33. The molecule has 5 heteroatoms. The molecule has 1 amide bonds. The van der Waals surface area contributed by atoms with E-state index in [1.807, 2.05) is 30.3 Å². The van der Waals surface area contributed by atoms with Crippen molar-refractivity contribution in [2.75, 3.05) is 6.54 Å². The predicted molar refractivity (Wildman–Crippen MR) is 70.7 cm³/mol. The number of hydrogen-bond donors (Lipinski definition) is 3. The number of hydrogen-bond acceptors (Lipinski definition) is 3.